The van der Waals surface area contributed by atoms with Crippen LogP contribution in [0.5, 0.6) is 0 Å². The SMILES string of the molecule is Cl.O=C1OCc2ccc1cc2. The van der Waals surface area contributed by atoms with Gasteiger partial charge in [-0.3, -0.25) is 0 Å². The molecule has 1 aromatic rings. The van der Waals surface area contributed by atoms with Crippen LogP contribution in [-0.4, -0.2) is 5.97 Å². The van der Waals surface area contributed by atoms with Crippen molar-refractivity contribution in [3.63, 3.8) is 0 Å². The number of carbonyl (C=O) groups is 1. The second kappa shape index (κ2) is 2.93. The van der Waals surface area contributed by atoms with E-state index in [0.717, 1.165) is 5.56 Å². The number of hydrogen-bond acceptors (Lipinski definition) is 2. The monoisotopic (exact) mass is 170 g/mol. The molecule has 2 heterocycles. The van der Waals surface area contributed by atoms with Gasteiger partial charge in [-0.25, -0.2) is 4.79 Å². The molecule has 11 heavy (non-hydrogen) atoms. The van der Waals surface area contributed by atoms with Crippen molar-refractivity contribution < 1.29 is 9.53 Å². The van der Waals surface area contributed by atoms with Crippen LogP contribution in [0.25, 0.3) is 0 Å². The summed E-state index contributed by atoms with van der Waals surface area (Å²) in [5.74, 6) is -0.222. The molecule has 0 radical (unpaired) electrons. The van der Waals surface area contributed by atoms with Crippen LogP contribution in [0.3, 0.4) is 0 Å². The average Bonchev–Trinajstić information content (AvgIpc) is 2.24. The number of halogens is 1. The Morgan fingerprint density at radius 3 is 2.45 bits per heavy atom. The fourth-order valence-corrected chi connectivity index (χ4v) is 0.969. The van der Waals surface area contributed by atoms with Gasteiger partial charge in [0.1, 0.15) is 6.61 Å². The van der Waals surface area contributed by atoms with Gasteiger partial charge in [-0.2, -0.15) is 0 Å². The third kappa shape index (κ3) is 1.35. The van der Waals surface area contributed by atoms with E-state index in [1.165, 1.54) is 0 Å². The molecule has 0 saturated carbocycles. The first-order valence-corrected chi connectivity index (χ1v) is 3.12. The van der Waals surface area contributed by atoms with Crippen molar-refractivity contribution >= 4 is 18.4 Å². The summed E-state index contributed by atoms with van der Waals surface area (Å²) < 4.78 is 4.85. The highest BCUT2D eigenvalue weighted by atomic mass is 35.5. The molecule has 0 saturated heterocycles. The van der Waals surface area contributed by atoms with E-state index in [1.807, 2.05) is 12.1 Å². The number of rotatable bonds is 0. The Hall–Kier alpha value is -1.02. The number of ether oxygens (including phenoxy) is 1. The van der Waals surface area contributed by atoms with E-state index in [1.54, 1.807) is 12.1 Å². The zero-order valence-corrected chi connectivity index (χ0v) is 6.56. The topological polar surface area (TPSA) is 26.3 Å². The molecule has 0 spiro atoms. The Morgan fingerprint density at radius 2 is 1.82 bits per heavy atom. The lowest BCUT2D eigenvalue weighted by Gasteiger charge is -1.94. The van der Waals surface area contributed by atoms with E-state index in [9.17, 15) is 4.79 Å². The molecule has 2 nitrogen and oxygen atoms in total. The summed E-state index contributed by atoms with van der Waals surface area (Å²) >= 11 is 0. The van der Waals surface area contributed by atoms with E-state index in [4.69, 9.17) is 4.74 Å². The molecular weight excluding hydrogens is 164 g/mol. The molecule has 0 amide bonds. The van der Waals surface area contributed by atoms with Gasteiger partial charge in [-0.1, -0.05) is 12.1 Å². The molecule has 58 valence electrons. The minimum Gasteiger partial charge on any atom is -0.457 e. The van der Waals surface area contributed by atoms with Crippen molar-refractivity contribution in [3.05, 3.63) is 35.4 Å². The van der Waals surface area contributed by atoms with Crippen molar-refractivity contribution in [3.8, 4) is 0 Å². The van der Waals surface area contributed by atoms with E-state index < -0.39 is 0 Å². The maximum Gasteiger partial charge on any atom is 0.338 e. The van der Waals surface area contributed by atoms with Crippen LogP contribution in [0.2, 0.25) is 0 Å². The molecule has 0 aliphatic carbocycles. The summed E-state index contributed by atoms with van der Waals surface area (Å²) in [6.45, 7) is 0.412. The van der Waals surface area contributed by atoms with Gasteiger partial charge in [0.25, 0.3) is 0 Å². The quantitative estimate of drug-likeness (QED) is 0.555. The van der Waals surface area contributed by atoms with Crippen LogP contribution >= 0.6 is 12.4 Å². The van der Waals surface area contributed by atoms with Crippen molar-refractivity contribution in [1.29, 1.82) is 0 Å². The first kappa shape index (κ1) is 8.08. The van der Waals surface area contributed by atoms with Gasteiger partial charge in [0.2, 0.25) is 0 Å². The first-order chi connectivity index (χ1) is 4.86. The number of fused-ring (bicyclic) bond motifs is 4. The highest BCUT2D eigenvalue weighted by molar-refractivity contribution is 5.89. The number of hydrogen-bond donors (Lipinski definition) is 0. The van der Waals surface area contributed by atoms with Gasteiger partial charge < -0.3 is 4.74 Å². The molecule has 2 aliphatic rings. The predicted octanol–water partition coefficient (Wildman–Crippen LogP) is 1.78. The van der Waals surface area contributed by atoms with Crippen molar-refractivity contribution in [1.82, 2.24) is 0 Å². The van der Waals surface area contributed by atoms with Gasteiger partial charge in [0, 0.05) is 0 Å². The van der Waals surface area contributed by atoms with E-state index in [-0.39, 0.29) is 18.4 Å². The van der Waals surface area contributed by atoms with Gasteiger partial charge in [0.05, 0.1) is 5.56 Å². The fourth-order valence-electron chi connectivity index (χ4n) is 0.969. The molecule has 2 bridgehead atoms. The van der Waals surface area contributed by atoms with Crippen LogP contribution in [0.4, 0.5) is 0 Å². The number of carbonyl (C=O) groups excluding carboxylic acids is 1. The van der Waals surface area contributed by atoms with Crippen molar-refractivity contribution in [2.24, 2.45) is 0 Å². The summed E-state index contributed by atoms with van der Waals surface area (Å²) in [4.78, 5) is 10.9. The molecule has 3 rings (SSSR count). The summed E-state index contributed by atoms with van der Waals surface area (Å²) in [6.07, 6.45) is 0. The van der Waals surface area contributed by atoms with Crippen LogP contribution in [0.15, 0.2) is 24.3 Å². The standard InChI is InChI=1S/C8H6O2.ClH/c9-8-7-3-1-6(2-4-7)5-10-8;/h1-4H,5H2;1H. The molecule has 0 unspecified atom stereocenters. The lowest BCUT2D eigenvalue weighted by molar-refractivity contribution is 0.0481. The lowest BCUT2D eigenvalue weighted by Crippen LogP contribution is -1.99. The van der Waals surface area contributed by atoms with Crippen LogP contribution in [0.1, 0.15) is 15.9 Å². The summed E-state index contributed by atoms with van der Waals surface area (Å²) in [6, 6.07) is 7.37. The summed E-state index contributed by atoms with van der Waals surface area (Å²) in [7, 11) is 0. The van der Waals surface area contributed by atoms with Crippen molar-refractivity contribution in [2.75, 3.05) is 0 Å². The molecule has 0 atom stereocenters. The lowest BCUT2D eigenvalue weighted by atomic mass is 10.2. The van der Waals surface area contributed by atoms with Gasteiger partial charge >= 0.3 is 5.97 Å². The summed E-state index contributed by atoms with van der Waals surface area (Å²) in [5.41, 5.74) is 1.69. The highest BCUT2D eigenvalue weighted by Gasteiger charge is 2.10. The number of benzene rings is 1. The molecule has 0 N–H and O–H groups in total. The van der Waals surface area contributed by atoms with Gasteiger partial charge in [0.15, 0.2) is 0 Å². The normalized spacial score (nSPS) is 13.3. The zero-order valence-electron chi connectivity index (χ0n) is 5.74. The Labute approximate surface area is 70.6 Å². The van der Waals surface area contributed by atoms with Crippen LogP contribution in [-0.2, 0) is 11.3 Å². The van der Waals surface area contributed by atoms with Crippen LogP contribution < -0.4 is 0 Å². The van der Waals surface area contributed by atoms with Crippen molar-refractivity contribution in [2.45, 2.75) is 6.61 Å². The molecule has 1 aromatic carbocycles. The highest BCUT2D eigenvalue weighted by Crippen LogP contribution is 2.12. The minimum atomic E-state index is -0.222. The third-order valence-corrected chi connectivity index (χ3v) is 1.56. The fraction of sp³-hybridized carbons (Fsp3) is 0.125. The molecule has 0 fully saturated rings. The van der Waals surface area contributed by atoms with Crippen LogP contribution in [0, 0.1) is 0 Å². The second-order valence-corrected chi connectivity index (χ2v) is 2.27. The molecular formula is C8H7ClO2. The Morgan fingerprint density at radius 1 is 1.18 bits per heavy atom. The second-order valence-electron chi connectivity index (χ2n) is 2.27. The summed E-state index contributed by atoms with van der Waals surface area (Å²) in [5, 5.41) is 0. The van der Waals surface area contributed by atoms with E-state index in [2.05, 4.69) is 0 Å². The first-order valence-electron chi connectivity index (χ1n) is 3.12. The zero-order chi connectivity index (χ0) is 6.97. The maximum atomic E-state index is 10.9. The predicted molar refractivity (Wildman–Crippen MR) is 42.8 cm³/mol. The number of esters is 1. The molecule has 3 heteroatoms. The molecule has 2 aliphatic heterocycles. The molecule has 0 aromatic heterocycles. The Bertz CT molecular complexity index is 266. The maximum absolute atomic E-state index is 10.9. The average molecular weight is 171 g/mol. The Balaban J connectivity index is 0.000000605. The van der Waals surface area contributed by atoms with E-state index >= 15 is 0 Å². The van der Waals surface area contributed by atoms with Gasteiger partial charge in [-0.05, 0) is 17.7 Å². The smallest absolute Gasteiger partial charge is 0.338 e. The largest absolute Gasteiger partial charge is 0.457 e. The Kier molecular flexibility index (Phi) is 2.15. The third-order valence-electron chi connectivity index (χ3n) is 1.56. The van der Waals surface area contributed by atoms with Gasteiger partial charge in [-0.15, -0.1) is 12.4 Å². The van der Waals surface area contributed by atoms with E-state index in [0.29, 0.717) is 12.2 Å². The minimum absolute atomic E-state index is 0.